The maximum atomic E-state index is 12.5. The molecule has 2 N–H and O–H groups in total. The molecule has 1 aliphatic heterocycles. The van der Waals surface area contributed by atoms with Crippen molar-refractivity contribution >= 4 is 29.1 Å². The number of benzene rings is 1. The molecule has 0 spiro atoms. The van der Waals surface area contributed by atoms with Gasteiger partial charge in [0, 0.05) is 13.1 Å². The molecule has 24 heavy (non-hydrogen) atoms. The zero-order valence-electron chi connectivity index (χ0n) is 12.8. The van der Waals surface area contributed by atoms with Crippen LogP contribution in [0.25, 0.3) is 0 Å². The molecule has 0 unspecified atom stereocenters. The average molecular weight is 364 g/mol. The van der Waals surface area contributed by atoms with Gasteiger partial charge < -0.3 is 15.5 Å². The fraction of sp³-hybridized carbons (Fsp3) is 0.467. The van der Waals surface area contributed by atoms with E-state index in [9.17, 15) is 22.8 Å². The van der Waals surface area contributed by atoms with Crippen LogP contribution in [-0.4, -0.2) is 42.9 Å². The molecule has 9 heteroatoms. The first-order valence-corrected chi connectivity index (χ1v) is 7.80. The van der Waals surface area contributed by atoms with Gasteiger partial charge in [-0.1, -0.05) is 11.6 Å². The first-order chi connectivity index (χ1) is 11.3. The van der Waals surface area contributed by atoms with Crippen molar-refractivity contribution in [2.45, 2.75) is 19.0 Å². The Bertz CT molecular complexity index is 616. The number of rotatable bonds is 5. The highest BCUT2D eigenvalue weighted by Crippen LogP contribution is 2.33. The summed E-state index contributed by atoms with van der Waals surface area (Å²) < 4.78 is 37.6. The predicted molar refractivity (Wildman–Crippen MR) is 83.8 cm³/mol. The fourth-order valence-electron chi connectivity index (χ4n) is 2.33. The summed E-state index contributed by atoms with van der Waals surface area (Å²) in [4.78, 5) is 25.2. The Hall–Kier alpha value is -1.96. The number of anilines is 1. The van der Waals surface area contributed by atoms with Gasteiger partial charge in [-0.3, -0.25) is 9.59 Å². The Morgan fingerprint density at radius 2 is 1.83 bits per heavy atom. The molecule has 2 amide bonds. The highest BCUT2D eigenvalue weighted by Gasteiger charge is 2.30. The molecule has 1 fully saturated rings. The largest absolute Gasteiger partial charge is 0.416 e. The van der Waals surface area contributed by atoms with E-state index in [1.165, 1.54) is 0 Å². The second kappa shape index (κ2) is 7.74. The van der Waals surface area contributed by atoms with Crippen molar-refractivity contribution < 1.29 is 22.8 Å². The van der Waals surface area contributed by atoms with Crippen LogP contribution in [0, 0.1) is 0 Å². The summed E-state index contributed by atoms with van der Waals surface area (Å²) in [5.74, 6) is -0.591. The molecule has 1 heterocycles. The molecule has 1 saturated heterocycles. The molecule has 1 aliphatic rings. The zero-order valence-corrected chi connectivity index (χ0v) is 13.5. The van der Waals surface area contributed by atoms with E-state index in [1.807, 2.05) is 0 Å². The number of nitrogens with zero attached hydrogens (tertiary/aromatic N) is 1. The van der Waals surface area contributed by atoms with Crippen LogP contribution in [0.1, 0.15) is 18.4 Å². The molecule has 0 aliphatic carbocycles. The third kappa shape index (κ3) is 5.02. The SMILES string of the molecule is O=C(CNc1ccc(C(F)(F)F)cc1Cl)NCC(=O)N1CCCC1. The number of halogens is 4. The molecule has 0 saturated carbocycles. The topological polar surface area (TPSA) is 61.4 Å². The highest BCUT2D eigenvalue weighted by molar-refractivity contribution is 6.33. The van der Waals surface area contributed by atoms with Gasteiger partial charge in [0.1, 0.15) is 0 Å². The summed E-state index contributed by atoms with van der Waals surface area (Å²) in [5, 5.41) is 4.98. The van der Waals surface area contributed by atoms with Gasteiger partial charge in [0.2, 0.25) is 11.8 Å². The molecule has 1 aromatic carbocycles. The third-order valence-corrected chi connectivity index (χ3v) is 3.94. The molecule has 0 atom stereocenters. The molecule has 2 rings (SSSR count). The number of alkyl halides is 3. The summed E-state index contributed by atoms with van der Waals surface area (Å²) in [6.07, 6.45) is -2.54. The Kier molecular flexibility index (Phi) is 5.93. The number of nitrogens with one attached hydrogen (secondary N) is 2. The van der Waals surface area contributed by atoms with Crippen LogP contribution < -0.4 is 10.6 Å². The van der Waals surface area contributed by atoms with Crippen molar-refractivity contribution in [1.82, 2.24) is 10.2 Å². The van der Waals surface area contributed by atoms with E-state index >= 15 is 0 Å². The summed E-state index contributed by atoms with van der Waals surface area (Å²) in [7, 11) is 0. The average Bonchev–Trinajstić information content (AvgIpc) is 3.04. The van der Waals surface area contributed by atoms with Crippen LogP contribution in [0.5, 0.6) is 0 Å². The van der Waals surface area contributed by atoms with Crippen molar-refractivity contribution in [1.29, 1.82) is 0 Å². The second-order valence-electron chi connectivity index (χ2n) is 5.41. The molecule has 132 valence electrons. The molecule has 0 radical (unpaired) electrons. The number of hydrogen-bond donors (Lipinski definition) is 2. The van der Waals surface area contributed by atoms with Crippen molar-refractivity contribution in [2.24, 2.45) is 0 Å². The lowest BCUT2D eigenvalue weighted by Crippen LogP contribution is -2.40. The lowest BCUT2D eigenvalue weighted by molar-refractivity contribution is -0.137. The lowest BCUT2D eigenvalue weighted by Gasteiger charge is -2.16. The van der Waals surface area contributed by atoms with Crippen molar-refractivity contribution in [3.8, 4) is 0 Å². The van der Waals surface area contributed by atoms with E-state index in [-0.39, 0.29) is 29.7 Å². The van der Waals surface area contributed by atoms with Gasteiger partial charge >= 0.3 is 6.18 Å². The standard InChI is InChI=1S/C15H17ClF3N3O2/c16-11-7-10(15(17,18)19)3-4-12(11)20-8-13(23)21-9-14(24)22-5-1-2-6-22/h3-4,7,20H,1-2,5-6,8-9H2,(H,21,23). The van der Waals surface area contributed by atoms with Crippen LogP contribution >= 0.6 is 11.6 Å². The third-order valence-electron chi connectivity index (χ3n) is 3.63. The van der Waals surface area contributed by atoms with Crippen molar-refractivity contribution in [3.63, 3.8) is 0 Å². The minimum absolute atomic E-state index is 0.0960. The van der Waals surface area contributed by atoms with Gasteiger partial charge in [0.25, 0.3) is 0 Å². The smallest absolute Gasteiger partial charge is 0.375 e. The summed E-state index contributed by atoms with van der Waals surface area (Å²) >= 11 is 5.78. The Balaban J connectivity index is 1.80. The van der Waals surface area contributed by atoms with Gasteiger partial charge in [-0.15, -0.1) is 0 Å². The van der Waals surface area contributed by atoms with Crippen LogP contribution in [0.15, 0.2) is 18.2 Å². The first kappa shape index (κ1) is 18.4. The van der Waals surface area contributed by atoms with Gasteiger partial charge in [0.15, 0.2) is 0 Å². The minimum Gasteiger partial charge on any atom is -0.375 e. The molecular weight excluding hydrogens is 347 g/mol. The van der Waals surface area contributed by atoms with Gasteiger partial charge in [0.05, 0.1) is 29.4 Å². The molecule has 0 aromatic heterocycles. The maximum absolute atomic E-state index is 12.5. The summed E-state index contributed by atoms with van der Waals surface area (Å²) in [6.45, 7) is 1.11. The fourth-order valence-corrected chi connectivity index (χ4v) is 2.57. The maximum Gasteiger partial charge on any atom is 0.416 e. The first-order valence-electron chi connectivity index (χ1n) is 7.42. The van der Waals surface area contributed by atoms with Crippen LogP contribution in [0.2, 0.25) is 5.02 Å². The number of likely N-dealkylation sites (tertiary alicyclic amines) is 1. The number of carbonyl (C=O) groups excluding carboxylic acids is 2. The van der Waals surface area contributed by atoms with E-state index < -0.39 is 17.6 Å². The normalized spacial score (nSPS) is 14.6. The Labute approximate surface area is 142 Å². The van der Waals surface area contributed by atoms with Crippen molar-refractivity contribution in [3.05, 3.63) is 28.8 Å². The predicted octanol–water partition coefficient (Wildman–Crippen LogP) is 2.51. The van der Waals surface area contributed by atoms with E-state index in [2.05, 4.69) is 10.6 Å². The van der Waals surface area contributed by atoms with Gasteiger partial charge in [-0.2, -0.15) is 13.2 Å². The monoisotopic (exact) mass is 363 g/mol. The van der Waals surface area contributed by atoms with Gasteiger partial charge in [-0.05, 0) is 31.0 Å². The minimum atomic E-state index is -4.48. The van der Waals surface area contributed by atoms with Crippen LogP contribution in [0.4, 0.5) is 18.9 Å². The van der Waals surface area contributed by atoms with Crippen LogP contribution in [0.3, 0.4) is 0 Å². The van der Waals surface area contributed by atoms with E-state index in [4.69, 9.17) is 11.6 Å². The number of hydrogen-bond acceptors (Lipinski definition) is 3. The summed E-state index contributed by atoms with van der Waals surface area (Å²) in [6, 6.07) is 2.83. The van der Waals surface area contributed by atoms with Crippen molar-refractivity contribution in [2.75, 3.05) is 31.5 Å². The quantitative estimate of drug-likeness (QED) is 0.845. The zero-order chi connectivity index (χ0) is 17.7. The van der Waals surface area contributed by atoms with Gasteiger partial charge in [-0.25, -0.2) is 0 Å². The summed E-state index contributed by atoms with van der Waals surface area (Å²) in [5.41, 5.74) is -0.649. The Morgan fingerprint density at radius 1 is 1.17 bits per heavy atom. The highest BCUT2D eigenvalue weighted by atomic mass is 35.5. The molecule has 5 nitrogen and oxygen atoms in total. The lowest BCUT2D eigenvalue weighted by atomic mass is 10.2. The molecule has 0 bridgehead atoms. The molecule has 1 aromatic rings. The molecular formula is C15H17ClF3N3O2. The van der Waals surface area contributed by atoms with E-state index in [0.29, 0.717) is 13.1 Å². The second-order valence-corrected chi connectivity index (χ2v) is 5.82. The van der Waals surface area contributed by atoms with E-state index in [0.717, 1.165) is 31.0 Å². The number of carbonyl (C=O) groups is 2. The Morgan fingerprint density at radius 3 is 2.42 bits per heavy atom. The number of amides is 2. The van der Waals surface area contributed by atoms with Crippen LogP contribution in [-0.2, 0) is 15.8 Å². The van der Waals surface area contributed by atoms with E-state index in [1.54, 1.807) is 4.90 Å².